The van der Waals surface area contributed by atoms with Gasteiger partial charge in [0, 0.05) is 10.9 Å². The molecular formula is C16H12FN7. The van der Waals surface area contributed by atoms with Crippen LogP contribution in [0.5, 0.6) is 0 Å². The first kappa shape index (κ1) is 14.1. The molecule has 0 aliphatic carbocycles. The van der Waals surface area contributed by atoms with Gasteiger partial charge >= 0.3 is 0 Å². The highest BCUT2D eigenvalue weighted by atomic mass is 19.1. The molecule has 0 saturated carbocycles. The van der Waals surface area contributed by atoms with Crippen molar-refractivity contribution in [2.24, 2.45) is 0 Å². The van der Waals surface area contributed by atoms with E-state index in [4.69, 9.17) is 11.5 Å². The van der Waals surface area contributed by atoms with Crippen LogP contribution in [-0.4, -0.2) is 25.0 Å². The molecule has 2 aromatic heterocycles. The molecule has 2 heterocycles. The average molecular weight is 321 g/mol. The highest BCUT2D eigenvalue weighted by Gasteiger charge is 2.09. The molecule has 4 N–H and O–H groups in total. The molecule has 8 heteroatoms. The van der Waals surface area contributed by atoms with E-state index in [0.717, 1.165) is 5.56 Å². The molecule has 0 bridgehead atoms. The molecular weight excluding hydrogens is 309 g/mol. The smallest absolute Gasteiger partial charge is 0.222 e. The molecule has 7 nitrogen and oxygen atoms in total. The van der Waals surface area contributed by atoms with Gasteiger partial charge in [0.25, 0.3) is 0 Å². The van der Waals surface area contributed by atoms with Crippen molar-refractivity contribution in [3.8, 4) is 16.9 Å². The van der Waals surface area contributed by atoms with Crippen LogP contribution < -0.4 is 11.5 Å². The van der Waals surface area contributed by atoms with Crippen LogP contribution in [0.4, 0.5) is 16.2 Å². The van der Waals surface area contributed by atoms with Crippen LogP contribution in [0.15, 0.2) is 48.7 Å². The molecule has 4 rings (SSSR count). The van der Waals surface area contributed by atoms with E-state index in [1.165, 1.54) is 12.1 Å². The van der Waals surface area contributed by atoms with Crippen LogP contribution in [0.1, 0.15) is 0 Å². The molecule has 4 aromatic rings. The van der Waals surface area contributed by atoms with Crippen LogP contribution in [0, 0.1) is 5.82 Å². The Hall–Kier alpha value is -3.55. The number of fused-ring (bicyclic) bond motifs is 1. The van der Waals surface area contributed by atoms with Crippen molar-refractivity contribution in [3.05, 3.63) is 54.5 Å². The van der Waals surface area contributed by atoms with Gasteiger partial charge in [0.1, 0.15) is 17.3 Å². The van der Waals surface area contributed by atoms with Gasteiger partial charge in [0.15, 0.2) is 0 Å². The number of anilines is 2. The van der Waals surface area contributed by atoms with Gasteiger partial charge in [-0.3, -0.25) is 0 Å². The van der Waals surface area contributed by atoms with Crippen molar-refractivity contribution in [1.82, 2.24) is 25.0 Å². The van der Waals surface area contributed by atoms with Crippen LogP contribution in [0.3, 0.4) is 0 Å². The minimum Gasteiger partial charge on any atom is -0.383 e. The lowest BCUT2D eigenvalue weighted by atomic mass is 10.1. The van der Waals surface area contributed by atoms with Gasteiger partial charge in [0.2, 0.25) is 5.95 Å². The number of halogens is 1. The van der Waals surface area contributed by atoms with E-state index in [2.05, 4.69) is 20.3 Å². The fourth-order valence-electron chi connectivity index (χ4n) is 2.45. The summed E-state index contributed by atoms with van der Waals surface area (Å²) in [6, 6.07) is 11.5. The summed E-state index contributed by atoms with van der Waals surface area (Å²) < 4.78 is 14.6. The van der Waals surface area contributed by atoms with Gasteiger partial charge in [-0.25, -0.2) is 14.1 Å². The summed E-state index contributed by atoms with van der Waals surface area (Å²) in [6.45, 7) is 0. The topological polar surface area (TPSA) is 109 Å². The Labute approximate surface area is 135 Å². The Morgan fingerprint density at radius 1 is 0.958 bits per heavy atom. The number of hydrogen-bond donors (Lipinski definition) is 2. The third-order valence-electron chi connectivity index (χ3n) is 3.62. The molecule has 118 valence electrons. The highest BCUT2D eigenvalue weighted by Crippen LogP contribution is 2.25. The minimum atomic E-state index is -0.302. The van der Waals surface area contributed by atoms with Crippen LogP contribution in [-0.2, 0) is 0 Å². The number of rotatable bonds is 2. The summed E-state index contributed by atoms with van der Waals surface area (Å²) in [4.78, 5) is 8.11. The van der Waals surface area contributed by atoms with Gasteiger partial charge in [-0.05, 0) is 36.4 Å². The Morgan fingerprint density at radius 2 is 1.75 bits per heavy atom. The van der Waals surface area contributed by atoms with Gasteiger partial charge in [0.05, 0.1) is 17.4 Å². The molecule has 24 heavy (non-hydrogen) atoms. The normalized spacial score (nSPS) is 11.0. The Balaban J connectivity index is 1.76. The molecule has 0 radical (unpaired) electrons. The number of hydrogen-bond acceptors (Lipinski definition) is 6. The van der Waals surface area contributed by atoms with Crippen molar-refractivity contribution in [2.75, 3.05) is 11.5 Å². The lowest BCUT2D eigenvalue weighted by molar-refractivity contribution is 0.626. The van der Waals surface area contributed by atoms with Crippen LogP contribution >= 0.6 is 0 Å². The van der Waals surface area contributed by atoms with E-state index in [1.807, 2.05) is 12.1 Å². The van der Waals surface area contributed by atoms with Gasteiger partial charge in [-0.15, -0.1) is 5.10 Å². The first-order valence-corrected chi connectivity index (χ1v) is 7.11. The Kier molecular flexibility index (Phi) is 3.09. The van der Waals surface area contributed by atoms with Gasteiger partial charge in [-0.1, -0.05) is 11.3 Å². The maximum Gasteiger partial charge on any atom is 0.222 e. The van der Waals surface area contributed by atoms with Crippen molar-refractivity contribution >= 4 is 22.7 Å². The third kappa shape index (κ3) is 2.39. The predicted molar refractivity (Wildman–Crippen MR) is 88.7 cm³/mol. The summed E-state index contributed by atoms with van der Waals surface area (Å²) >= 11 is 0. The molecule has 0 aliphatic heterocycles. The minimum absolute atomic E-state index is 0.134. The van der Waals surface area contributed by atoms with Crippen LogP contribution in [0.25, 0.3) is 27.8 Å². The number of benzene rings is 2. The molecule has 0 amide bonds. The molecule has 0 aliphatic rings. The maximum atomic E-state index is 13.0. The summed E-state index contributed by atoms with van der Waals surface area (Å²) in [5.74, 6) is 0.142. The lowest BCUT2D eigenvalue weighted by Crippen LogP contribution is -2.00. The number of nitrogens with zero attached hydrogens (tertiary/aromatic N) is 5. The number of nitrogen functional groups attached to an aromatic ring is 2. The second kappa shape index (κ2) is 5.27. The second-order valence-corrected chi connectivity index (χ2v) is 5.22. The lowest BCUT2D eigenvalue weighted by Gasteiger charge is -2.04. The zero-order valence-corrected chi connectivity index (χ0v) is 12.4. The average Bonchev–Trinajstić information content (AvgIpc) is 3.05. The van der Waals surface area contributed by atoms with E-state index >= 15 is 0 Å². The fourth-order valence-corrected chi connectivity index (χ4v) is 2.45. The summed E-state index contributed by atoms with van der Waals surface area (Å²) in [5.41, 5.74) is 14.3. The Morgan fingerprint density at radius 3 is 2.54 bits per heavy atom. The zero-order chi connectivity index (χ0) is 16.7. The highest BCUT2D eigenvalue weighted by molar-refractivity contribution is 5.92. The maximum absolute atomic E-state index is 13.0. The molecule has 2 aromatic carbocycles. The molecule has 0 fully saturated rings. The summed E-state index contributed by atoms with van der Waals surface area (Å²) in [5, 5.41) is 8.92. The van der Waals surface area contributed by atoms with Crippen molar-refractivity contribution < 1.29 is 4.39 Å². The SMILES string of the molecule is Nc1nc(N)c2cc(-c3cn(-c4ccc(F)cc4)nn3)ccc2n1. The van der Waals surface area contributed by atoms with E-state index in [9.17, 15) is 4.39 Å². The van der Waals surface area contributed by atoms with Gasteiger partial charge < -0.3 is 11.5 Å². The van der Waals surface area contributed by atoms with E-state index in [-0.39, 0.29) is 11.8 Å². The molecule has 0 saturated heterocycles. The fraction of sp³-hybridized carbons (Fsp3) is 0. The van der Waals surface area contributed by atoms with Crippen molar-refractivity contribution in [3.63, 3.8) is 0 Å². The van der Waals surface area contributed by atoms with Gasteiger partial charge in [-0.2, -0.15) is 4.98 Å². The first-order chi connectivity index (χ1) is 11.6. The van der Waals surface area contributed by atoms with Crippen molar-refractivity contribution in [2.45, 2.75) is 0 Å². The number of aromatic nitrogens is 5. The van der Waals surface area contributed by atoms with Crippen LogP contribution in [0.2, 0.25) is 0 Å². The molecule has 0 spiro atoms. The zero-order valence-electron chi connectivity index (χ0n) is 12.4. The Bertz CT molecular complexity index is 1040. The number of nitrogens with two attached hydrogens (primary N) is 2. The quantitative estimate of drug-likeness (QED) is 0.586. The second-order valence-electron chi connectivity index (χ2n) is 5.22. The molecule has 0 atom stereocenters. The standard InChI is InChI=1S/C16H12FN7/c17-10-2-4-11(5-3-10)24-8-14(22-23-24)9-1-6-13-12(7-9)15(18)21-16(19)20-13/h1-8H,(H4,18,19,20,21). The monoisotopic (exact) mass is 321 g/mol. The van der Waals surface area contributed by atoms with E-state index in [1.54, 1.807) is 29.1 Å². The summed E-state index contributed by atoms with van der Waals surface area (Å²) in [6.07, 6.45) is 1.75. The predicted octanol–water partition coefficient (Wildman–Crippen LogP) is 2.18. The van der Waals surface area contributed by atoms with E-state index < -0.39 is 0 Å². The van der Waals surface area contributed by atoms with Crippen molar-refractivity contribution in [1.29, 1.82) is 0 Å². The molecule has 0 unspecified atom stereocenters. The first-order valence-electron chi connectivity index (χ1n) is 7.11. The summed E-state index contributed by atoms with van der Waals surface area (Å²) in [7, 11) is 0. The largest absolute Gasteiger partial charge is 0.383 e. The third-order valence-corrected chi connectivity index (χ3v) is 3.62. The van der Waals surface area contributed by atoms with E-state index in [0.29, 0.717) is 28.1 Å².